The fourth-order valence-electron chi connectivity index (χ4n) is 3.07. The first-order valence-electron chi connectivity index (χ1n) is 7.64. The zero-order valence-corrected chi connectivity index (χ0v) is 12.5. The highest BCUT2D eigenvalue weighted by molar-refractivity contribution is 5.77. The smallest absolute Gasteiger partial charge is 0.135 e. The number of fused-ring (bicyclic) bond motifs is 1. The number of aliphatic hydroxyl groups is 1. The van der Waals surface area contributed by atoms with Gasteiger partial charge >= 0.3 is 0 Å². The topological polar surface area (TPSA) is 45.8 Å². The molecule has 0 spiro atoms. The molecule has 1 N–H and O–H groups in total. The van der Waals surface area contributed by atoms with E-state index in [1.807, 2.05) is 30.3 Å². The van der Waals surface area contributed by atoms with E-state index in [1.54, 1.807) is 7.11 Å². The summed E-state index contributed by atoms with van der Waals surface area (Å²) in [6.45, 7) is 3.52. The van der Waals surface area contributed by atoms with Crippen LogP contribution in [0.4, 0.5) is 0 Å². The molecule has 1 aliphatic heterocycles. The molecule has 1 saturated heterocycles. The van der Waals surface area contributed by atoms with E-state index >= 15 is 0 Å². The number of ether oxygens (including phenoxy) is 1. The largest absolute Gasteiger partial charge is 0.458 e. The molecule has 4 nitrogen and oxygen atoms in total. The van der Waals surface area contributed by atoms with Crippen LogP contribution in [0.1, 0.15) is 24.7 Å². The second-order valence-corrected chi connectivity index (χ2v) is 5.90. The Labute approximate surface area is 125 Å². The highest BCUT2D eigenvalue weighted by Crippen LogP contribution is 2.25. The van der Waals surface area contributed by atoms with E-state index in [0.717, 1.165) is 43.5 Å². The summed E-state index contributed by atoms with van der Waals surface area (Å²) in [5.74, 6) is 1.32. The number of benzene rings is 1. The van der Waals surface area contributed by atoms with Crippen LogP contribution in [0.25, 0.3) is 11.0 Å². The van der Waals surface area contributed by atoms with Crippen LogP contribution >= 0.6 is 0 Å². The molecule has 0 saturated carbocycles. The monoisotopic (exact) mass is 289 g/mol. The lowest BCUT2D eigenvalue weighted by Gasteiger charge is -2.32. The van der Waals surface area contributed by atoms with Crippen molar-refractivity contribution in [3.05, 3.63) is 36.1 Å². The van der Waals surface area contributed by atoms with Crippen molar-refractivity contribution in [1.82, 2.24) is 4.90 Å². The van der Waals surface area contributed by atoms with Gasteiger partial charge in [0.1, 0.15) is 17.4 Å². The van der Waals surface area contributed by atoms with Gasteiger partial charge in [0, 0.05) is 25.6 Å². The molecule has 114 valence electrons. The minimum atomic E-state index is -0.559. The van der Waals surface area contributed by atoms with Crippen molar-refractivity contribution < 1.29 is 14.3 Å². The summed E-state index contributed by atoms with van der Waals surface area (Å²) >= 11 is 0. The van der Waals surface area contributed by atoms with E-state index in [-0.39, 0.29) is 0 Å². The Morgan fingerprint density at radius 3 is 2.81 bits per heavy atom. The van der Waals surface area contributed by atoms with E-state index in [9.17, 15) is 5.11 Å². The predicted octanol–water partition coefficient (Wildman–Crippen LogP) is 2.82. The Morgan fingerprint density at radius 2 is 2.10 bits per heavy atom. The summed E-state index contributed by atoms with van der Waals surface area (Å²) in [5, 5.41) is 11.4. The molecular formula is C17H23NO3. The summed E-state index contributed by atoms with van der Waals surface area (Å²) in [6, 6.07) is 9.81. The van der Waals surface area contributed by atoms with Crippen LogP contribution < -0.4 is 0 Å². The molecule has 1 aromatic heterocycles. The van der Waals surface area contributed by atoms with Gasteiger partial charge in [0.2, 0.25) is 0 Å². The summed E-state index contributed by atoms with van der Waals surface area (Å²) in [7, 11) is 1.76. The van der Waals surface area contributed by atoms with Crippen LogP contribution in [-0.2, 0) is 4.74 Å². The molecule has 3 rings (SSSR count). The maximum absolute atomic E-state index is 10.4. The van der Waals surface area contributed by atoms with Gasteiger partial charge in [-0.2, -0.15) is 0 Å². The average molecular weight is 289 g/mol. The van der Waals surface area contributed by atoms with E-state index < -0.39 is 6.10 Å². The number of hydrogen-bond acceptors (Lipinski definition) is 4. The summed E-state index contributed by atoms with van der Waals surface area (Å²) in [5.41, 5.74) is 0.838. The summed E-state index contributed by atoms with van der Waals surface area (Å²) < 4.78 is 11.0. The van der Waals surface area contributed by atoms with Crippen molar-refractivity contribution >= 4 is 11.0 Å². The van der Waals surface area contributed by atoms with Gasteiger partial charge in [-0.25, -0.2) is 0 Å². The second kappa shape index (κ2) is 6.60. The van der Waals surface area contributed by atoms with Crippen molar-refractivity contribution in [2.45, 2.75) is 18.9 Å². The minimum Gasteiger partial charge on any atom is -0.458 e. The van der Waals surface area contributed by atoms with E-state index in [4.69, 9.17) is 9.15 Å². The lowest BCUT2D eigenvalue weighted by atomic mass is 9.97. The number of likely N-dealkylation sites (tertiary alicyclic amines) is 1. The summed E-state index contributed by atoms with van der Waals surface area (Å²) in [4.78, 5) is 2.31. The Balaban J connectivity index is 1.58. The van der Waals surface area contributed by atoms with E-state index in [0.29, 0.717) is 18.2 Å². The van der Waals surface area contributed by atoms with E-state index in [2.05, 4.69) is 4.90 Å². The third kappa shape index (κ3) is 3.46. The van der Waals surface area contributed by atoms with Gasteiger partial charge in [-0.3, -0.25) is 0 Å². The van der Waals surface area contributed by atoms with E-state index in [1.165, 1.54) is 0 Å². The summed E-state index contributed by atoms with van der Waals surface area (Å²) in [6.07, 6.45) is 1.72. The lowest BCUT2D eigenvalue weighted by Crippen LogP contribution is -2.37. The second-order valence-electron chi connectivity index (χ2n) is 5.90. The van der Waals surface area contributed by atoms with Gasteiger partial charge in [-0.15, -0.1) is 0 Å². The normalized spacial score (nSPS) is 19.1. The first kappa shape index (κ1) is 14.6. The fourth-order valence-corrected chi connectivity index (χ4v) is 3.07. The quantitative estimate of drug-likeness (QED) is 0.919. The molecule has 2 aromatic rings. The van der Waals surface area contributed by atoms with Crippen molar-refractivity contribution in [1.29, 1.82) is 0 Å². The third-order valence-electron chi connectivity index (χ3n) is 4.31. The zero-order valence-electron chi connectivity index (χ0n) is 12.5. The molecule has 1 atom stereocenters. The number of rotatable bonds is 5. The molecule has 1 unspecified atom stereocenters. The van der Waals surface area contributed by atoms with Crippen LogP contribution in [0.2, 0.25) is 0 Å². The van der Waals surface area contributed by atoms with Crippen molar-refractivity contribution in [2.24, 2.45) is 5.92 Å². The molecule has 0 radical (unpaired) electrons. The van der Waals surface area contributed by atoms with Gasteiger partial charge in [0.05, 0.1) is 0 Å². The number of methoxy groups -OCH3 is 1. The Morgan fingerprint density at radius 1 is 1.33 bits per heavy atom. The number of furan rings is 1. The van der Waals surface area contributed by atoms with Crippen molar-refractivity contribution in [2.75, 3.05) is 33.4 Å². The molecule has 2 heterocycles. The number of piperidine rings is 1. The molecule has 0 bridgehead atoms. The number of β-amino-alcohol motifs (C(OH)–C–C–N with tert-alkyl or cyclic N) is 1. The average Bonchev–Trinajstić information content (AvgIpc) is 2.94. The van der Waals surface area contributed by atoms with Crippen molar-refractivity contribution in [3.63, 3.8) is 0 Å². The van der Waals surface area contributed by atoms with Crippen LogP contribution in [0.5, 0.6) is 0 Å². The zero-order chi connectivity index (χ0) is 14.7. The van der Waals surface area contributed by atoms with Gasteiger partial charge < -0.3 is 19.2 Å². The highest BCUT2D eigenvalue weighted by atomic mass is 16.5. The van der Waals surface area contributed by atoms with Gasteiger partial charge in [-0.05, 0) is 44.0 Å². The van der Waals surface area contributed by atoms with Crippen LogP contribution in [-0.4, -0.2) is 43.4 Å². The third-order valence-corrected chi connectivity index (χ3v) is 4.31. The molecule has 0 aliphatic carbocycles. The van der Waals surface area contributed by atoms with Crippen LogP contribution in [0, 0.1) is 5.92 Å². The van der Waals surface area contributed by atoms with Crippen LogP contribution in [0.3, 0.4) is 0 Å². The number of aliphatic hydroxyl groups excluding tert-OH is 1. The Hall–Kier alpha value is -1.36. The lowest BCUT2D eigenvalue weighted by molar-refractivity contribution is 0.0580. The molecule has 21 heavy (non-hydrogen) atoms. The standard InChI is InChI=1S/C17H23NO3/c1-20-12-13-6-8-18(9-7-13)11-15(19)17-10-14-4-2-3-5-16(14)21-17/h2-5,10,13,15,19H,6-9,11-12H2,1H3. The number of para-hydroxylation sites is 1. The van der Waals surface area contributed by atoms with Crippen molar-refractivity contribution in [3.8, 4) is 0 Å². The Kier molecular flexibility index (Phi) is 4.58. The maximum Gasteiger partial charge on any atom is 0.135 e. The number of hydrogen-bond donors (Lipinski definition) is 1. The van der Waals surface area contributed by atoms with Gasteiger partial charge in [0.15, 0.2) is 0 Å². The SMILES string of the molecule is COCC1CCN(CC(O)c2cc3ccccc3o2)CC1. The number of nitrogens with zero attached hydrogens (tertiary/aromatic N) is 1. The molecule has 1 aliphatic rings. The molecule has 0 amide bonds. The van der Waals surface area contributed by atoms with Gasteiger partial charge in [-0.1, -0.05) is 18.2 Å². The van der Waals surface area contributed by atoms with Gasteiger partial charge in [0.25, 0.3) is 0 Å². The maximum atomic E-state index is 10.4. The minimum absolute atomic E-state index is 0.559. The first-order valence-corrected chi connectivity index (χ1v) is 7.64. The molecule has 1 fully saturated rings. The molecular weight excluding hydrogens is 266 g/mol. The van der Waals surface area contributed by atoms with Crippen LogP contribution in [0.15, 0.2) is 34.7 Å². The first-order chi connectivity index (χ1) is 10.3. The molecule has 4 heteroatoms. The molecule has 1 aromatic carbocycles. The predicted molar refractivity (Wildman–Crippen MR) is 82.2 cm³/mol. The fraction of sp³-hybridized carbons (Fsp3) is 0.529. The highest BCUT2D eigenvalue weighted by Gasteiger charge is 2.22. The Bertz CT molecular complexity index is 539.